The first-order valence-electron chi connectivity index (χ1n) is 6.61. The summed E-state index contributed by atoms with van der Waals surface area (Å²) in [5.41, 5.74) is 0.946. The number of nitriles is 1. The van der Waals surface area contributed by atoms with Gasteiger partial charge in [0.1, 0.15) is 11.8 Å². The normalized spacial score (nSPS) is 11.4. The molecule has 0 aromatic heterocycles. The second kappa shape index (κ2) is 7.51. The van der Waals surface area contributed by atoms with Gasteiger partial charge in [-0.1, -0.05) is 48.5 Å². The van der Waals surface area contributed by atoms with Crippen LogP contribution in [0.2, 0.25) is 0 Å². The lowest BCUT2D eigenvalue weighted by molar-refractivity contribution is -0.128. The van der Waals surface area contributed by atoms with Crippen LogP contribution in [0.5, 0.6) is 0 Å². The number of carbonyl (C=O) groups is 1. The summed E-state index contributed by atoms with van der Waals surface area (Å²) < 4.78 is 0. The summed E-state index contributed by atoms with van der Waals surface area (Å²) in [6, 6.07) is 21.5. The summed E-state index contributed by atoms with van der Waals surface area (Å²) in [5, 5.41) is 8.44. The molecule has 0 heterocycles. The quantitative estimate of drug-likeness (QED) is 0.626. The first-order valence-corrected chi connectivity index (χ1v) is 7.49. The predicted octanol–water partition coefficient (Wildman–Crippen LogP) is 3.50. The zero-order valence-corrected chi connectivity index (χ0v) is 12.6. The lowest BCUT2D eigenvalue weighted by Crippen LogP contribution is -2.30. The molecule has 1 atom stereocenters. The maximum Gasteiger partial charge on any atom is 0.241 e. The molecular formula is C17H16N2OS. The summed E-state index contributed by atoms with van der Waals surface area (Å²) in [6.45, 7) is 0.0948. The Kier molecular flexibility index (Phi) is 5.42. The van der Waals surface area contributed by atoms with Crippen LogP contribution in [0.15, 0.2) is 65.6 Å². The molecule has 4 heteroatoms. The van der Waals surface area contributed by atoms with Gasteiger partial charge in [0.05, 0.1) is 6.07 Å². The van der Waals surface area contributed by atoms with Crippen molar-refractivity contribution in [2.24, 2.45) is 0 Å². The monoisotopic (exact) mass is 296 g/mol. The van der Waals surface area contributed by atoms with Crippen LogP contribution in [0, 0.1) is 11.3 Å². The predicted molar refractivity (Wildman–Crippen MR) is 84.7 cm³/mol. The van der Waals surface area contributed by atoms with E-state index in [1.807, 2.05) is 66.7 Å². The molecule has 0 fully saturated rings. The van der Waals surface area contributed by atoms with Crippen molar-refractivity contribution in [3.8, 4) is 6.07 Å². The van der Waals surface area contributed by atoms with Gasteiger partial charge < -0.3 is 4.90 Å². The number of likely N-dealkylation sites (N-methyl/N-ethyl adjacent to an activating group) is 1. The second-order valence-corrected chi connectivity index (χ2v) is 5.75. The molecule has 106 valence electrons. The lowest BCUT2D eigenvalue weighted by atomic mass is 10.1. The van der Waals surface area contributed by atoms with E-state index in [-0.39, 0.29) is 17.7 Å². The molecule has 0 aliphatic heterocycles. The van der Waals surface area contributed by atoms with Crippen molar-refractivity contribution in [3.05, 3.63) is 66.2 Å². The van der Waals surface area contributed by atoms with Crippen LogP contribution in [-0.4, -0.2) is 24.4 Å². The third-order valence-corrected chi connectivity index (χ3v) is 4.26. The average Bonchev–Trinajstić information content (AvgIpc) is 2.54. The van der Waals surface area contributed by atoms with E-state index in [9.17, 15) is 4.79 Å². The molecule has 2 aromatic rings. The highest BCUT2D eigenvalue weighted by molar-refractivity contribution is 8.00. The summed E-state index contributed by atoms with van der Waals surface area (Å²) >= 11 is 1.50. The highest BCUT2D eigenvalue weighted by atomic mass is 32.2. The molecular weight excluding hydrogens is 280 g/mol. The molecule has 0 aliphatic rings. The van der Waals surface area contributed by atoms with E-state index in [2.05, 4.69) is 0 Å². The van der Waals surface area contributed by atoms with Gasteiger partial charge in [-0.3, -0.25) is 4.79 Å². The van der Waals surface area contributed by atoms with Crippen molar-refractivity contribution in [2.75, 3.05) is 13.6 Å². The minimum atomic E-state index is -0.341. The third-order valence-electron chi connectivity index (χ3n) is 3.01. The molecule has 0 saturated carbocycles. The topological polar surface area (TPSA) is 44.1 Å². The van der Waals surface area contributed by atoms with Crippen LogP contribution in [0.3, 0.4) is 0 Å². The first-order chi connectivity index (χ1) is 10.2. The Labute approximate surface area is 129 Å². The highest BCUT2D eigenvalue weighted by Gasteiger charge is 2.24. The minimum absolute atomic E-state index is 0.0587. The van der Waals surface area contributed by atoms with Gasteiger partial charge in [0, 0.05) is 11.9 Å². The number of thioether (sulfide) groups is 1. The van der Waals surface area contributed by atoms with E-state index in [1.54, 1.807) is 7.05 Å². The Bertz CT molecular complexity index is 622. The Morgan fingerprint density at radius 3 is 2.29 bits per heavy atom. The van der Waals surface area contributed by atoms with Gasteiger partial charge in [0.25, 0.3) is 0 Å². The molecule has 0 N–H and O–H groups in total. The van der Waals surface area contributed by atoms with Crippen molar-refractivity contribution in [1.82, 2.24) is 4.90 Å². The summed E-state index contributed by atoms with van der Waals surface area (Å²) in [6.07, 6.45) is 0. The molecule has 2 rings (SSSR count). The highest BCUT2D eigenvalue weighted by Crippen LogP contribution is 2.36. The van der Waals surface area contributed by atoms with E-state index < -0.39 is 0 Å². The van der Waals surface area contributed by atoms with Crippen molar-refractivity contribution < 1.29 is 4.79 Å². The smallest absolute Gasteiger partial charge is 0.241 e. The number of benzene rings is 2. The van der Waals surface area contributed by atoms with Gasteiger partial charge in [-0.2, -0.15) is 5.26 Å². The first kappa shape index (κ1) is 15.1. The number of rotatable bonds is 5. The molecule has 1 amide bonds. The molecule has 0 spiro atoms. The van der Waals surface area contributed by atoms with Crippen LogP contribution in [0.4, 0.5) is 0 Å². The number of hydrogen-bond donors (Lipinski definition) is 0. The number of carbonyl (C=O) groups excluding carboxylic acids is 1. The molecule has 1 unspecified atom stereocenters. The van der Waals surface area contributed by atoms with E-state index in [0.717, 1.165) is 10.5 Å². The Hall–Kier alpha value is -2.25. The lowest BCUT2D eigenvalue weighted by Gasteiger charge is -2.22. The summed E-state index contributed by atoms with van der Waals surface area (Å²) in [7, 11) is 1.66. The molecule has 0 radical (unpaired) electrons. The summed E-state index contributed by atoms with van der Waals surface area (Å²) in [5.74, 6) is -0.0587. The zero-order chi connectivity index (χ0) is 15.1. The second-order valence-electron chi connectivity index (χ2n) is 4.57. The molecule has 0 bridgehead atoms. The SMILES string of the molecule is CN(CC#N)C(=O)C(Sc1ccccc1)c1ccccc1. The van der Waals surface area contributed by atoms with E-state index >= 15 is 0 Å². The van der Waals surface area contributed by atoms with Crippen molar-refractivity contribution >= 4 is 17.7 Å². The fourth-order valence-electron chi connectivity index (χ4n) is 1.91. The van der Waals surface area contributed by atoms with Crippen molar-refractivity contribution in [3.63, 3.8) is 0 Å². The van der Waals surface area contributed by atoms with Crippen LogP contribution in [0.25, 0.3) is 0 Å². The van der Waals surface area contributed by atoms with E-state index in [0.29, 0.717) is 0 Å². The number of nitrogens with zero attached hydrogens (tertiary/aromatic N) is 2. The van der Waals surface area contributed by atoms with Gasteiger partial charge in [-0.25, -0.2) is 0 Å². The molecule has 0 aliphatic carbocycles. The van der Waals surface area contributed by atoms with Gasteiger partial charge in [0.2, 0.25) is 5.91 Å². The largest absolute Gasteiger partial charge is 0.331 e. The maximum atomic E-state index is 12.6. The number of hydrogen-bond acceptors (Lipinski definition) is 3. The molecule has 2 aromatic carbocycles. The van der Waals surface area contributed by atoms with Crippen LogP contribution in [-0.2, 0) is 4.79 Å². The van der Waals surface area contributed by atoms with Crippen LogP contribution < -0.4 is 0 Å². The minimum Gasteiger partial charge on any atom is -0.331 e. The molecule has 3 nitrogen and oxygen atoms in total. The standard InChI is InChI=1S/C17H16N2OS/c1-19(13-12-18)17(20)16(14-8-4-2-5-9-14)21-15-10-6-3-7-11-15/h2-11,16H,13H2,1H3. The Morgan fingerprint density at radius 2 is 1.71 bits per heavy atom. The molecule has 21 heavy (non-hydrogen) atoms. The van der Waals surface area contributed by atoms with Crippen LogP contribution in [0.1, 0.15) is 10.8 Å². The zero-order valence-electron chi connectivity index (χ0n) is 11.8. The van der Waals surface area contributed by atoms with Gasteiger partial charge in [-0.15, -0.1) is 11.8 Å². The van der Waals surface area contributed by atoms with Gasteiger partial charge >= 0.3 is 0 Å². The third kappa shape index (κ3) is 4.11. The number of amides is 1. The average molecular weight is 296 g/mol. The summed E-state index contributed by atoms with van der Waals surface area (Å²) in [4.78, 5) is 15.1. The van der Waals surface area contributed by atoms with Crippen LogP contribution >= 0.6 is 11.8 Å². The van der Waals surface area contributed by atoms with E-state index in [4.69, 9.17) is 5.26 Å². The fourth-order valence-corrected chi connectivity index (χ4v) is 3.07. The molecule has 0 saturated heterocycles. The van der Waals surface area contributed by atoms with Gasteiger partial charge in [-0.05, 0) is 17.7 Å². The van der Waals surface area contributed by atoms with Gasteiger partial charge in [0.15, 0.2) is 0 Å². The van der Waals surface area contributed by atoms with E-state index in [1.165, 1.54) is 16.7 Å². The Morgan fingerprint density at radius 1 is 1.14 bits per heavy atom. The maximum absolute atomic E-state index is 12.6. The van der Waals surface area contributed by atoms with Crippen molar-refractivity contribution in [2.45, 2.75) is 10.1 Å². The fraction of sp³-hybridized carbons (Fsp3) is 0.176. The van der Waals surface area contributed by atoms with Crippen molar-refractivity contribution in [1.29, 1.82) is 5.26 Å². The Balaban J connectivity index is 2.27.